The van der Waals surface area contributed by atoms with Crippen molar-refractivity contribution in [2.24, 2.45) is 0 Å². The summed E-state index contributed by atoms with van der Waals surface area (Å²) in [6.45, 7) is 0.801. The number of aromatic nitrogens is 2. The fourth-order valence-electron chi connectivity index (χ4n) is 2.20. The van der Waals surface area contributed by atoms with Crippen LogP contribution in [0.25, 0.3) is 0 Å². The number of rotatable bonds is 3. The number of aliphatic hydroxyl groups is 3. The molecule has 2 rings (SSSR count). The maximum atomic E-state index is 11.9. The van der Waals surface area contributed by atoms with Gasteiger partial charge in [-0.2, -0.15) is 4.98 Å². The van der Waals surface area contributed by atoms with Gasteiger partial charge in [-0.3, -0.25) is 9.36 Å². The second-order valence-electron chi connectivity index (χ2n) is 4.68. The standard InChI is InChI=1S/C11H15N3O6/c1-11(8(18)7(17)6(4-16)20-11)14-2-5(3-15)9(12)13-10(14)19/h2-3,6-8,16-18H,4H2,1H3,(H2,12,13,19)/t6-,7-,8-,11-/m1/s1. The Balaban J connectivity index is 2.56. The first-order chi connectivity index (χ1) is 9.35. The monoisotopic (exact) mass is 285 g/mol. The normalized spacial score (nSPS) is 33.3. The lowest BCUT2D eigenvalue weighted by molar-refractivity contribution is -0.137. The molecule has 110 valence electrons. The molecule has 2 heterocycles. The molecule has 1 aromatic rings. The highest BCUT2D eigenvalue weighted by Crippen LogP contribution is 2.34. The molecule has 1 aliphatic rings. The number of carbonyl (C=O) groups is 1. The highest BCUT2D eigenvalue weighted by atomic mass is 16.6. The zero-order valence-electron chi connectivity index (χ0n) is 10.6. The molecule has 1 aliphatic heterocycles. The average Bonchev–Trinajstić information content (AvgIpc) is 2.64. The Hall–Kier alpha value is -1.81. The van der Waals surface area contributed by atoms with Crippen molar-refractivity contribution < 1.29 is 24.9 Å². The van der Waals surface area contributed by atoms with Crippen LogP contribution in [0, 0.1) is 0 Å². The SMILES string of the molecule is C[C@@]1(n2cc(C=O)c(N)nc2=O)O[C@H](CO)[C@@H](O)[C@H]1O. The van der Waals surface area contributed by atoms with Crippen LogP contribution in [0.1, 0.15) is 17.3 Å². The number of hydrogen-bond acceptors (Lipinski definition) is 8. The van der Waals surface area contributed by atoms with Crippen LogP contribution in [0.15, 0.2) is 11.0 Å². The van der Waals surface area contributed by atoms with Crippen molar-refractivity contribution in [1.29, 1.82) is 0 Å². The lowest BCUT2D eigenvalue weighted by Gasteiger charge is -2.29. The summed E-state index contributed by atoms with van der Waals surface area (Å²) >= 11 is 0. The predicted molar refractivity (Wildman–Crippen MR) is 65.9 cm³/mol. The van der Waals surface area contributed by atoms with Gasteiger partial charge in [0.2, 0.25) is 0 Å². The summed E-state index contributed by atoms with van der Waals surface area (Å²) < 4.78 is 6.22. The molecular formula is C11H15N3O6. The smallest absolute Gasteiger partial charge is 0.351 e. The van der Waals surface area contributed by atoms with E-state index in [-0.39, 0.29) is 11.4 Å². The molecule has 0 aromatic carbocycles. The fraction of sp³-hybridized carbons (Fsp3) is 0.545. The van der Waals surface area contributed by atoms with E-state index in [0.717, 1.165) is 10.8 Å². The van der Waals surface area contributed by atoms with E-state index in [1.807, 2.05) is 0 Å². The maximum Gasteiger partial charge on any atom is 0.351 e. The van der Waals surface area contributed by atoms with Crippen LogP contribution in [-0.4, -0.2) is 56.1 Å². The van der Waals surface area contributed by atoms with Crippen LogP contribution in [0.5, 0.6) is 0 Å². The average molecular weight is 285 g/mol. The van der Waals surface area contributed by atoms with Crippen molar-refractivity contribution in [1.82, 2.24) is 9.55 Å². The zero-order valence-corrected chi connectivity index (χ0v) is 10.6. The van der Waals surface area contributed by atoms with Crippen molar-refractivity contribution >= 4 is 12.1 Å². The van der Waals surface area contributed by atoms with Gasteiger partial charge in [-0.05, 0) is 6.92 Å². The molecule has 0 saturated carbocycles. The van der Waals surface area contributed by atoms with Crippen molar-refractivity contribution in [3.63, 3.8) is 0 Å². The fourth-order valence-corrected chi connectivity index (χ4v) is 2.20. The molecule has 4 atom stereocenters. The summed E-state index contributed by atoms with van der Waals surface area (Å²) in [6, 6.07) is 0. The lowest BCUT2D eigenvalue weighted by Crippen LogP contribution is -2.48. The third-order valence-electron chi connectivity index (χ3n) is 3.41. The molecule has 1 aromatic heterocycles. The van der Waals surface area contributed by atoms with E-state index in [1.54, 1.807) is 0 Å². The Morgan fingerprint density at radius 2 is 2.25 bits per heavy atom. The van der Waals surface area contributed by atoms with Crippen LogP contribution >= 0.6 is 0 Å². The summed E-state index contributed by atoms with van der Waals surface area (Å²) in [7, 11) is 0. The van der Waals surface area contributed by atoms with Gasteiger partial charge in [-0.15, -0.1) is 0 Å². The van der Waals surface area contributed by atoms with E-state index in [1.165, 1.54) is 6.92 Å². The largest absolute Gasteiger partial charge is 0.394 e. The second kappa shape index (κ2) is 4.94. The molecule has 0 unspecified atom stereocenters. The number of carbonyl (C=O) groups excluding carboxylic acids is 1. The van der Waals surface area contributed by atoms with Gasteiger partial charge in [0.25, 0.3) is 0 Å². The van der Waals surface area contributed by atoms with Gasteiger partial charge in [0.05, 0.1) is 12.2 Å². The highest BCUT2D eigenvalue weighted by molar-refractivity contribution is 5.80. The molecule has 1 saturated heterocycles. The topological polar surface area (TPSA) is 148 Å². The molecule has 5 N–H and O–H groups in total. The Morgan fingerprint density at radius 1 is 1.60 bits per heavy atom. The highest BCUT2D eigenvalue weighted by Gasteiger charge is 2.52. The third kappa shape index (κ3) is 2.00. The Bertz CT molecular complexity index is 588. The van der Waals surface area contributed by atoms with Gasteiger partial charge in [0, 0.05) is 6.20 Å². The molecule has 9 nitrogen and oxygen atoms in total. The van der Waals surface area contributed by atoms with Crippen LogP contribution in [0.2, 0.25) is 0 Å². The summed E-state index contributed by atoms with van der Waals surface area (Å²) in [5.41, 5.74) is 2.85. The molecule has 9 heteroatoms. The van der Waals surface area contributed by atoms with Crippen molar-refractivity contribution in [3.8, 4) is 0 Å². The van der Waals surface area contributed by atoms with Gasteiger partial charge in [-0.1, -0.05) is 0 Å². The Kier molecular flexibility index (Phi) is 3.61. The van der Waals surface area contributed by atoms with Gasteiger partial charge >= 0.3 is 5.69 Å². The van der Waals surface area contributed by atoms with Crippen LogP contribution < -0.4 is 11.4 Å². The van der Waals surface area contributed by atoms with E-state index in [4.69, 9.17) is 15.6 Å². The van der Waals surface area contributed by atoms with Gasteiger partial charge in [-0.25, -0.2) is 4.79 Å². The number of aldehydes is 1. The minimum absolute atomic E-state index is 0.0523. The first-order valence-electron chi connectivity index (χ1n) is 5.84. The van der Waals surface area contributed by atoms with Crippen LogP contribution in [0.4, 0.5) is 5.82 Å². The first-order valence-corrected chi connectivity index (χ1v) is 5.84. The van der Waals surface area contributed by atoms with Gasteiger partial charge in [0.1, 0.15) is 24.1 Å². The number of anilines is 1. The number of ether oxygens (including phenoxy) is 1. The third-order valence-corrected chi connectivity index (χ3v) is 3.41. The molecule has 0 amide bonds. The van der Waals surface area contributed by atoms with E-state index in [0.29, 0.717) is 6.29 Å². The molecular weight excluding hydrogens is 270 g/mol. The summed E-state index contributed by atoms with van der Waals surface area (Å²) in [5, 5.41) is 28.9. The van der Waals surface area contributed by atoms with E-state index in [9.17, 15) is 19.8 Å². The van der Waals surface area contributed by atoms with E-state index >= 15 is 0 Å². The second-order valence-corrected chi connectivity index (χ2v) is 4.68. The number of nitrogens with two attached hydrogens (primary N) is 1. The number of nitrogens with zero attached hydrogens (tertiary/aromatic N) is 2. The molecule has 0 aliphatic carbocycles. The number of nitrogen functional groups attached to an aromatic ring is 1. The number of hydrogen-bond donors (Lipinski definition) is 4. The van der Waals surface area contributed by atoms with Crippen molar-refractivity contribution in [2.75, 3.05) is 12.3 Å². The summed E-state index contributed by atoms with van der Waals surface area (Å²) in [4.78, 5) is 26.2. The van der Waals surface area contributed by atoms with Crippen molar-refractivity contribution in [2.45, 2.75) is 31.0 Å². The lowest BCUT2D eigenvalue weighted by atomic mass is 10.0. The zero-order chi connectivity index (χ0) is 15.1. The van der Waals surface area contributed by atoms with Gasteiger partial charge < -0.3 is 25.8 Å². The summed E-state index contributed by atoms with van der Waals surface area (Å²) in [5.74, 6) is -0.239. The Morgan fingerprint density at radius 3 is 2.75 bits per heavy atom. The Labute approximate surface area is 113 Å². The minimum Gasteiger partial charge on any atom is -0.394 e. The molecule has 0 radical (unpaired) electrons. The minimum atomic E-state index is -1.66. The molecule has 0 spiro atoms. The van der Waals surface area contributed by atoms with E-state index in [2.05, 4.69) is 4.98 Å². The molecule has 0 bridgehead atoms. The molecule has 20 heavy (non-hydrogen) atoms. The van der Waals surface area contributed by atoms with Crippen molar-refractivity contribution in [3.05, 3.63) is 22.2 Å². The maximum absolute atomic E-state index is 11.9. The molecule has 1 fully saturated rings. The predicted octanol–water partition coefficient (Wildman–Crippen LogP) is -2.58. The quantitative estimate of drug-likeness (QED) is 0.443. The number of aliphatic hydroxyl groups excluding tert-OH is 3. The van der Waals surface area contributed by atoms with E-state index < -0.39 is 36.3 Å². The summed E-state index contributed by atoms with van der Waals surface area (Å²) in [6.07, 6.45) is -2.42. The van der Waals surface area contributed by atoms with Crippen LogP contribution in [-0.2, 0) is 10.5 Å². The van der Waals surface area contributed by atoms with Crippen LogP contribution in [0.3, 0.4) is 0 Å². The first kappa shape index (κ1) is 14.6. The van der Waals surface area contributed by atoms with Gasteiger partial charge in [0.15, 0.2) is 12.0 Å².